The van der Waals surface area contributed by atoms with Crippen LogP contribution in [-0.4, -0.2) is 28.4 Å². The summed E-state index contributed by atoms with van der Waals surface area (Å²) in [5.41, 5.74) is 4.03. The van der Waals surface area contributed by atoms with Crippen LogP contribution in [0.4, 0.5) is 11.4 Å². The summed E-state index contributed by atoms with van der Waals surface area (Å²) in [6, 6.07) is 12.1. The van der Waals surface area contributed by atoms with Crippen LogP contribution in [0.15, 0.2) is 42.5 Å². The second kappa shape index (κ2) is 7.90. The lowest BCUT2D eigenvalue weighted by Gasteiger charge is -2.12. The lowest BCUT2D eigenvalue weighted by Crippen LogP contribution is -2.19. The van der Waals surface area contributed by atoms with Gasteiger partial charge in [0.25, 0.3) is 5.91 Å². The van der Waals surface area contributed by atoms with Gasteiger partial charge in [0.05, 0.1) is 23.4 Å². The lowest BCUT2D eigenvalue weighted by molar-refractivity contribution is -0.115. The molecule has 0 saturated heterocycles. The van der Waals surface area contributed by atoms with Gasteiger partial charge in [-0.1, -0.05) is 12.1 Å². The molecule has 3 aromatic rings. The minimum absolute atomic E-state index is 0.164. The number of para-hydroxylation sites is 1. The number of fused-ring (bicyclic) bond motifs is 1. The van der Waals surface area contributed by atoms with Crippen LogP contribution in [0.2, 0.25) is 0 Å². The highest BCUT2D eigenvalue weighted by molar-refractivity contribution is 6.10. The van der Waals surface area contributed by atoms with E-state index in [1.54, 1.807) is 47.1 Å². The van der Waals surface area contributed by atoms with Gasteiger partial charge in [-0.15, -0.1) is 0 Å². The molecule has 0 unspecified atom stereocenters. The fourth-order valence-electron chi connectivity index (χ4n) is 3.39. The van der Waals surface area contributed by atoms with Crippen LogP contribution in [0.25, 0.3) is 0 Å². The molecule has 1 aromatic heterocycles. The maximum atomic E-state index is 12.8. The van der Waals surface area contributed by atoms with E-state index >= 15 is 0 Å². The zero-order valence-corrected chi connectivity index (χ0v) is 17.0. The van der Waals surface area contributed by atoms with Crippen molar-refractivity contribution in [3.63, 3.8) is 0 Å². The number of aromatic nitrogens is 2. The Kier molecular flexibility index (Phi) is 5.14. The van der Waals surface area contributed by atoms with Crippen LogP contribution in [0, 0.1) is 13.8 Å². The summed E-state index contributed by atoms with van der Waals surface area (Å²) in [6.45, 7) is 3.97. The number of hydrogen-bond donors (Lipinski definition) is 2. The Hall–Kier alpha value is -3.81. The smallest absolute Gasteiger partial charge is 0.257 e. The highest BCUT2D eigenvalue weighted by atomic mass is 16.7. The molecule has 1 aliphatic rings. The van der Waals surface area contributed by atoms with Crippen LogP contribution in [0.3, 0.4) is 0 Å². The van der Waals surface area contributed by atoms with E-state index in [0.717, 1.165) is 17.0 Å². The van der Waals surface area contributed by atoms with Crippen molar-refractivity contribution in [1.29, 1.82) is 0 Å². The normalized spacial score (nSPS) is 12.0. The Balaban J connectivity index is 1.49. The molecule has 2 amide bonds. The molecule has 2 aromatic carbocycles. The highest BCUT2D eigenvalue weighted by Gasteiger charge is 2.18. The molecule has 0 spiro atoms. The van der Waals surface area contributed by atoms with Gasteiger partial charge in [-0.2, -0.15) is 5.10 Å². The monoisotopic (exact) mass is 406 g/mol. The number of nitrogens with one attached hydrogen (secondary N) is 2. The minimum atomic E-state index is -0.335. The van der Waals surface area contributed by atoms with E-state index < -0.39 is 0 Å². The number of rotatable bonds is 5. The van der Waals surface area contributed by atoms with Gasteiger partial charge in [0, 0.05) is 30.1 Å². The molecule has 0 radical (unpaired) electrons. The molecular weight excluding hydrogens is 384 g/mol. The average molecular weight is 406 g/mol. The molecule has 0 aliphatic carbocycles. The number of benzene rings is 2. The minimum Gasteiger partial charge on any atom is -0.454 e. The maximum Gasteiger partial charge on any atom is 0.257 e. The van der Waals surface area contributed by atoms with E-state index in [0.29, 0.717) is 28.4 Å². The molecule has 8 nitrogen and oxygen atoms in total. The molecule has 2 heterocycles. The first-order valence-electron chi connectivity index (χ1n) is 9.51. The number of ether oxygens (including phenoxy) is 2. The highest BCUT2D eigenvalue weighted by Crippen LogP contribution is 2.34. The molecule has 0 fully saturated rings. The standard InChI is InChI=1S/C22H22N4O4/c1-13-17(14(2)26(3)25-13)11-21(27)24-18-7-5-4-6-16(18)22(28)23-15-8-9-19-20(10-15)30-12-29-19/h4-10H,11-12H2,1-3H3,(H,23,28)(H,24,27). The quantitative estimate of drug-likeness (QED) is 0.679. The first-order chi connectivity index (χ1) is 14.4. The van der Waals surface area contributed by atoms with Crippen LogP contribution in [-0.2, 0) is 18.3 Å². The Bertz CT molecular complexity index is 1140. The first-order valence-corrected chi connectivity index (χ1v) is 9.51. The Morgan fingerprint density at radius 3 is 2.60 bits per heavy atom. The van der Waals surface area contributed by atoms with E-state index in [4.69, 9.17) is 9.47 Å². The van der Waals surface area contributed by atoms with Gasteiger partial charge < -0.3 is 20.1 Å². The van der Waals surface area contributed by atoms with Crippen LogP contribution in [0.1, 0.15) is 27.3 Å². The summed E-state index contributed by atoms with van der Waals surface area (Å²) >= 11 is 0. The molecule has 0 bridgehead atoms. The maximum absolute atomic E-state index is 12.8. The molecule has 4 rings (SSSR count). The lowest BCUT2D eigenvalue weighted by atomic mass is 10.1. The number of anilines is 2. The van der Waals surface area contributed by atoms with Crippen molar-refractivity contribution in [3.05, 3.63) is 65.0 Å². The van der Waals surface area contributed by atoms with Gasteiger partial charge in [0.1, 0.15) is 0 Å². The van der Waals surface area contributed by atoms with Gasteiger partial charge in [0.15, 0.2) is 11.5 Å². The van der Waals surface area contributed by atoms with Crippen LogP contribution in [0.5, 0.6) is 11.5 Å². The van der Waals surface area contributed by atoms with Gasteiger partial charge in [-0.3, -0.25) is 14.3 Å². The third-order valence-electron chi connectivity index (χ3n) is 5.07. The van der Waals surface area contributed by atoms with Crippen molar-refractivity contribution in [1.82, 2.24) is 9.78 Å². The Morgan fingerprint density at radius 1 is 1.07 bits per heavy atom. The second-order valence-electron chi connectivity index (χ2n) is 7.07. The molecule has 30 heavy (non-hydrogen) atoms. The predicted octanol–water partition coefficient (Wildman–Crippen LogP) is 3.20. The van der Waals surface area contributed by atoms with E-state index in [9.17, 15) is 9.59 Å². The summed E-state index contributed by atoms with van der Waals surface area (Å²) in [6.07, 6.45) is 0.184. The zero-order valence-electron chi connectivity index (χ0n) is 17.0. The van der Waals surface area contributed by atoms with Crippen LogP contribution >= 0.6 is 0 Å². The SMILES string of the molecule is Cc1nn(C)c(C)c1CC(=O)Nc1ccccc1C(=O)Nc1ccc2c(c1)OCO2. The van der Waals surface area contributed by atoms with Crippen molar-refractivity contribution in [2.75, 3.05) is 17.4 Å². The molecule has 2 N–H and O–H groups in total. The predicted molar refractivity (Wildman–Crippen MR) is 112 cm³/mol. The van der Waals surface area contributed by atoms with E-state index in [-0.39, 0.29) is 25.0 Å². The molecule has 8 heteroatoms. The van der Waals surface area contributed by atoms with Crippen molar-refractivity contribution in [3.8, 4) is 11.5 Å². The Labute approximate surface area is 173 Å². The van der Waals surface area contributed by atoms with E-state index in [1.807, 2.05) is 20.9 Å². The number of nitrogens with zero attached hydrogens (tertiary/aromatic N) is 2. The van der Waals surface area contributed by atoms with Gasteiger partial charge in [0.2, 0.25) is 12.7 Å². The third kappa shape index (κ3) is 3.84. The van der Waals surface area contributed by atoms with Crippen molar-refractivity contribution >= 4 is 23.2 Å². The van der Waals surface area contributed by atoms with Gasteiger partial charge in [-0.25, -0.2) is 0 Å². The summed E-state index contributed by atoms with van der Waals surface area (Å²) < 4.78 is 12.4. The molecular formula is C22H22N4O4. The number of carbonyl (C=O) groups is 2. The van der Waals surface area contributed by atoms with Crippen LogP contribution < -0.4 is 20.1 Å². The molecule has 1 aliphatic heterocycles. The van der Waals surface area contributed by atoms with E-state index in [2.05, 4.69) is 15.7 Å². The molecule has 0 atom stereocenters. The Morgan fingerprint density at radius 2 is 1.83 bits per heavy atom. The number of hydrogen-bond acceptors (Lipinski definition) is 5. The largest absolute Gasteiger partial charge is 0.454 e. The van der Waals surface area contributed by atoms with Crippen molar-refractivity contribution in [2.24, 2.45) is 7.05 Å². The average Bonchev–Trinajstić information content (AvgIpc) is 3.28. The molecule has 154 valence electrons. The first kappa shape index (κ1) is 19.5. The number of amides is 2. The van der Waals surface area contributed by atoms with E-state index in [1.165, 1.54) is 0 Å². The third-order valence-corrected chi connectivity index (χ3v) is 5.07. The summed E-state index contributed by atoms with van der Waals surface area (Å²) in [5.74, 6) is 0.675. The van der Waals surface area contributed by atoms with Crippen molar-refractivity contribution < 1.29 is 19.1 Å². The molecule has 0 saturated carbocycles. The number of aryl methyl sites for hydroxylation is 2. The van der Waals surface area contributed by atoms with Gasteiger partial charge >= 0.3 is 0 Å². The number of carbonyl (C=O) groups excluding carboxylic acids is 2. The fraction of sp³-hybridized carbons (Fsp3) is 0.227. The van der Waals surface area contributed by atoms with Gasteiger partial charge in [-0.05, 0) is 38.1 Å². The summed E-state index contributed by atoms with van der Waals surface area (Å²) in [7, 11) is 1.85. The second-order valence-corrected chi connectivity index (χ2v) is 7.07. The van der Waals surface area contributed by atoms with Crippen molar-refractivity contribution in [2.45, 2.75) is 20.3 Å². The topological polar surface area (TPSA) is 94.5 Å². The fourth-order valence-corrected chi connectivity index (χ4v) is 3.39. The summed E-state index contributed by atoms with van der Waals surface area (Å²) in [5, 5.41) is 10.0. The summed E-state index contributed by atoms with van der Waals surface area (Å²) in [4.78, 5) is 25.5. The zero-order chi connectivity index (χ0) is 21.3.